The number of rotatable bonds is 12. The van der Waals surface area contributed by atoms with E-state index in [1.54, 1.807) is 0 Å². The zero-order valence-electron chi connectivity index (χ0n) is 13.5. The van der Waals surface area contributed by atoms with E-state index in [0.29, 0.717) is 0 Å². The van der Waals surface area contributed by atoms with Crippen molar-refractivity contribution < 1.29 is 9.47 Å². The smallest absolute Gasteiger partial charge is 0.0593 e. The molecular formula is C17H30N2O2. The second-order valence-corrected chi connectivity index (χ2v) is 5.04. The minimum absolute atomic E-state index is 0.0906. The van der Waals surface area contributed by atoms with Crippen LogP contribution in [0.2, 0.25) is 0 Å². The number of benzene rings is 1. The van der Waals surface area contributed by atoms with E-state index >= 15 is 0 Å². The van der Waals surface area contributed by atoms with Gasteiger partial charge in [0, 0.05) is 38.9 Å². The van der Waals surface area contributed by atoms with Crippen LogP contribution in [0.5, 0.6) is 0 Å². The lowest BCUT2D eigenvalue weighted by Crippen LogP contribution is -2.33. The minimum Gasteiger partial charge on any atom is -0.380 e. The summed E-state index contributed by atoms with van der Waals surface area (Å²) in [6, 6.07) is 10.4. The lowest BCUT2D eigenvalue weighted by Gasteiger charge is -2.24. The first-order valence-corrected chi connectivity index (χ1v) is 7.96. The highest BCUT2D eigenvalue weighted by Gasteiger charge is 2.10. The van der Waals surface area contributed by atoms with Crippen molar-refractivity contribution >= 4 is 0 Å². The van der Waals surface area contributed by atoms with Crippen LogP contribution in [0, 0.1) is 0 Å². The summed E-state index contributed by atoms with van der Waals surface area (Å²) in [7, 11) is 0. The summed E-state index contributed by atoms with van der Waals surface area (Å²) in [5, 5.41) is 0. The molecule has 0 bridgehead atoms. The third-order valence-corrected chi connectivity index (χ3v) is 3.50. The molecule has 2 N–H and O–H groups in total. The maximum absolute atomic E-state index is 6.26. The molecule has 0 spiro atoms. The molecule has 1 aromatic carbocycles. The van der Waals surface area contributed by atoms with Crippen molar-refractivity contribution in [1.82, 2.24) is 4.90 Å². The Morgan fingerprint density at radius 1 is 0.952 bits per heavy atom. The Morgan fingerprint density at radius 2 is 1.52 bits per heavy atom. The monoisotopic (exact) mass is 294 g/mol. The SMILES string of the molecule is CCOCCN(CCOCC)CCC(N)c1ccccc1. The molecule has 0 heterocycles. The van der Waals surface area contributed by atoms with E-state index < -0.39 is 0 Å². The Kier molecular flexibility index (Phi) is 10.1. The largest absolute Gasteiger partial charge is 0.380 e. The van der Waals surface area contributed by atoms with Gasteiger partial charge in [-0.25, -0.2) is 0 Å². The van der Waals surface area contributed by atoms with Crippen molar-refractivity contribution in [2.45, 2.75) is 26.3 Å². The van der Waals surface area contributed by atoms with Crippen LogP contribution in [0.15, 0.2) is 30.3 Å². The van der Waals surface area contributed by atoms with Crippen molar-refractivity contribution in [3.63, 3.8) is 0 Å². The molecule has 120 valence electrons. The van der Waals surface area contributed by atoms with E-state index in [0.717, 1.165) is 52.5 Å². The second-order valence-electron chi connectivity index (χ2n) is 5.04. The summed E-state index contributed by atoms with van der Waals surface area (Å²) in [6.45, 7) is 9.95. The summed E-state index contributed by atoms with van der Waals surface area (Å²) in [5.74, 6) is 0. The molecule has 1 rings (SSSR count). The van der Waals surface area contributed by atoms with E-state index in [2.05, 4.69) is 17.0 Å². The molecule has 0 aliphatic rings. The van der Waals surface area contributed by atoms with E-state index in [9.17, 15) is 0 Å². The van der Waals surface area contributed by atoms with Gasteiger partial charge in [-0.2, -0.15) is 0 Å². The van der Waals surface area contributed by atoms with Crippen LogP contribution in [0.3, 0.4) is 0 Å². The minimum atomic E-state index is 0.0906. The predicted molar refractivity (Wildman–Crippen MR) is 87.4 cm³/mol. The van der Waals surface area contributed by atoms with Crippen LogP contribution >= 0.6 is 0 Å². The fraction of sp³-hybridized carbons (Fsp3) is 0.647. The number of nitrogens with zero attached hydrogens (tertiary/aromatic N) is 1. The molecule has 1 unspecified atom stereocenters. The summed E-state index contributed by atoms with van der Waals surface area (Å²) in [5.41, 5.74) is 7.46. The van der Waals surface area contributed by atoms with E-state index in [1.165, 1.54) is 5.56 Å². The van der Waals surface area contributed by atoms with Crippen LogP contribution in [0.25, 0.3) is 0 Å². The quantitative estimate of drug-likeness (QED) is 0.602. The molecule has 0 aliphatic carbocycles. The van der Waals surface area contributed by atoms with E-state index in [4.69, 9.17) is 15.2 Å². The summed E-state index contributed by atoms with van der Waals surface area (Å²) in [6.07, 6.45) is 0.947. The summed E-state index contributed by atoms with van der Waals surface area (Å²) >= 11 is 0. The number of hydrogen-bond donors (Lipinski definition) is 1. The van der Waals surface area contributed by atoms with Crippen LogP contribution in [0.4, 0.5) is 0 Å². The Labute approximate surface area is 129 Å². The van der Waals surface area contributed by atoms with Crippen molar-refractivity contribution in [1.29, 1.82) is 0 Å². The first-order chi connectivity index (χ1) is 10.3. The molecule has 21 heavy (non-hydrogen) atoms. The molecule has 0 aromatic heterocycles. The predicted octanol–water partition coefficient (Wildman–Crippen LogP) is 2.45. The number of hydrogen-bond acceptors (Lipinski definition) is 4. The van der Waals surface area contributed by atoms with Gasteiger partial charge in [0.15, 0.2) is 0 Å². The molecule has 4 nitrogen and oxygen atoms in total. The van der Waals surface area contributed by atoms with Gasteiger partial charge in [0.1, 0.15) is 0 Å². The van der Waals surface area contributed by atoms with Gasteiger partial charge in [-0.3, -0.25) is 4.90 Å². The lowest BCUT2D eigenvalue weighted by molar-refractivity contribution is 0.0815. The third-order valence-electron chi connectivity index (χ3n) is 3.50. The average Bonchev–Trinajstić information content (AvgIpc) is 2.53. The Hall–Kier alpha value is -0.940. The van der Waals surface area contributed by atoms with Gasteiger partial charge in [-0.05, 0) is 25.8 Å². The topological polar surface area (TPSA) is 47.7 Å². The van der Waals surface area contributed by atoms with Crippen LogP contribution in [-0.4, -0.2) is 51.0 Å². The van der Waals surface area contributed by atoms with Crippen LogP contribution in [-0.2, 0) is 9.47 Å². The van der Waals surface area contributed by atoms with Crippen molar-refractivity contribution in [3.05, 3.63) is 35.9 Å². The lowest BCUT2D eigenvalue weighted by atomic mass is 10.0. The Balaban J connectivity index is 2.35. The van der Waals surface area contributed by atoms with Crippen molar-refractivity contribution in [3.8, 4) is 0 Å². The molecule has 4 heteroatoms. The highest BCUT2D eigenvalue weighted by molar-refractivity contribution is 5.18. The average molecular weight is 294 g/mol. The zero-order valence-corrected chi connectivity index (χ0v) is 13.5. The number of nitrogens with two attached hydrogens (primary N) is 1. The Morgan fingerprint density at radius 3 is 2.05 bits per heavy atom. The fourth-order valence-corrected chi connectivity index (χ4v) is 2.20. The van der Waals surface area contributed by atoms with Crippen LogP contribution in [0.1, 0.15) is 31.9 Å². The second kappa shape index (κ2) is 11.7. The molecular weight excluding hydrogens is 264 g/mol. The van der Waals surface area contributed by atoms with Gasteiger partial charge in [0.2, 0.25) is 0 Å². The van der Waals surface area contributed by atoms with Gasteiger partial charge in [0.25, 0.3) is 0 Å². The third kappa shape index (κ3) is 8.17. The fourth-order valence-electron chi connectivity index (χ4n) is 2.20. The summed E-state index contributed by atoms with van der Waals surface area (Å²) in [4.78, 5) is 2.37. The van der Waals surface area contributed by atoms with Gasteiger partial charge in [0.05, 0.1) is 13.2 Å². The van der Waals surface area contributed by atoms with Gasteiger partial charge >= 0.3 is 0 Å². The van der Waals surface area contributed by atoms with Gasteiger partial charge in [-0.1, -0.05) is 30.3 Å². The van der Waals surface area contributed by atoms with Gasteiger partial charge in [-0.15, -0.1) is 0 Å². The first-order valence-electron chi connectivity index (χ1n) is 7.96. The maximum Gasteiger partial charge on any atom is 0.0593 e. The molecule has 1 atom stereocenters. The van der Waals surface area contributed by atoms with E-state index in [-0.39, 0.29) is 6.04 Å². The molecule has 0 saturated carbocycles. The molecule has 0 fully saturated rings. The normalized spacial score (nSPS) is 12.8. The molecule has 1 aromatic rings. The molecule has 0 amide bonds. The van der Waals surface area contributed by atoms with Crippen molar-refractivity contribution in [2.24, 2.45) is 5.73 Å². The highest BCUT2D eigenvalue weighted by atomic mass is 16.5. The highest BCUT2D eigenvalue weighted by Crippen LogP contribution is 2.13. The van der Waals surface area contributed by atoms with E-state index in [1.807, 2.05) is 32.0 Å². The standard InChI is InChI=1S/C17H30N2O2/c1-3-20-14-12-19(13-15-21-4-2)11-10-17(18)16-8-6-5-7-9-16/h5-9,17H,3-4,10-15,18H2,1-2H3. The molecule has 0 aliphatic heterocycles. The molecule has 0 saturated heterocycles. The Bertz CT molecular complexity index is 336. The molecule has 0 radical (unpaired) electrons. The maximum atomic E-state index is 6.26. The zero-order chi connectivity index (χ0) is 15.3. The number of ether oxygens (including phenoxy) is 2. The van der Waals surface area contributed by atoms with Crippen LogP contribution < -0.4 is 5.73 Å². The van der Waals surface area contributed by atoms with Crippen molar-refractivity contribution in [2.75, 3.05) is 46.1 Å². The summed E-state index contributed by atoms with van der Waals surface area (Å²) < 4.78 is 10.9. The first kappa shape index (κ1) is 18.1. The van der Waals surface area contributed by atoms with Gasteiger partial charge < -0.3 is 15.2 Å².